The van der Waals surface area contributed by atoms with Crippen LogP contribution in [0.25, 0.3) is 11.0 Å². The lowest BCUT2D eigenvalue weighted by atomic mass is 9.98. The lowest BCUT2D eigenvalue weighted by Gasteiger charge is -2.27. The summed E-state index contributed by atoms with van der Waals surface area (Å²) in [4.78, 5) is 30.9. The molecule has 3 aromatic carbocycles. The van der Waals surface area contributed by atoms with Crippen molar-refractivity contribution < 1.29 is 18.7 Å². The quantitative estimate of drug-likeness (QED) is 0.282. The first-order valence-corrected chi connectivity index (χ1v) is 12.9. The third-order valence-corrected chi connectivity index (χ3v) is 6.95. The van der Waals surface area contributed by atoms with Crippen molar-refractivity contribution in [1.82, 2.24) is 9.80 Å². The Balaban J connectivity index is 1.58. The minimum atomic E-state index is -0.616. The van der Waals surface area contributed by atoms with Gasteiger partial charge in [-0.2, -0.15) is 0 Å². The van der Waals surface area contributed by atoms with E-state index in [0.29, 0.717) is 52.8 Å². The van der Waals surface area contributed by atoms with E-state index in [4.69, 9.17) is 25.5 Å². The molecule has 0 N–H and O–H groups in total. The molecule has 4 aromatic rings. The highest BCUT2D eigenvalue weighted by atomic mass is 35.5. The van der Waals surface area contributed by atoms with Crippen molar-refractivity contribution in [2.45, 2.75) is 19.6 Å². The summed E-state index contributed by atoms with van der Waals surface area (Å²) in [6.07, 6.45) is 0. The zero-order valence-corrected chi connectivity index (χ0v) is 22.3. The fraction of sp³-hybridized carbons (Fsp3) is 0.267. The second kappa shape index (κ2) is 10.9. The minimum absolute atomic E-state index is 0.0921. The highest BCUT2D eigenvalue weighted by Crippen LogP contribution is 2.41. The van der Waals surface area contributed by atoms with Gasteiger partial charge in [-0.05, 0) is 56.9 Å². The molecule has 1 aliphatic heterocycles. The average Bonchev–Trinajstić information content (AvgIpc) is 3.19. The summed E-state index contributed by atoms with van der Waals surface area (Å²) in [5.41, 5.74) is 2.14. The molecule has 0 aliphatic carbocycles. The number of benzene rings is 3. The molecule has 0 fully saturated rings. The number of ether oxygens (including phenoxy) is 2. The Bertz CT molecular complexity index is 1550. The summed E-state index contributed by atoms with van der Waals surface area (Å²) in [5, 5.41) is 1.07. The van der Waals surface area contributed by atoms with E-state index >= 15 is 0 Å². The maximum absolute atomic E-state index is 13.7. The predicted molar refractivity (Wildman–Crippen MR) is 147 cm³/mol. The van der Waals surface area contributed by atoms with Gasteiger partial charge in [-0.15, -0.1) is 0 Å². The summed E-state index contributed by atoms with van der Waals surface area (Å²) in [5.74, 6) is 0.863. The standard InChI is InChI=1S/C30H29ClN2O5/c1-4-36-25-17-19(13-14-24(25)37-18-20-9-5-7-11-22(20)31)27-26-28(34)21-10-6-8-12-23(21)38-29(26)30(35)33(27)16-15-32(2)3/h5-14,17,27H,4,15-16,18H2,1-3H3/t27-/m0/s1. The van der Waals surface area contributed by atoms with E-state index in [0.717, 1.165) is 11.1 Å². The molecule has 1 aromatic heterocycles. The lowest BCUT2D eigenvalue weighted by molar-refractivity contribution is 0.0716. The molecule has 196 valence electrons. The van der Waals surface area contributed by atoms with E-state index < -0.39 is 6.04 Å². The highest BCUT2D eigenvalue weighted by molar-refractivity contribution is 6.31. The number of rotatable bonds is 9. The molecule has 1 amide bonds. The molecule has 0 bridgehead atoms. The van der Waals surface area contributed by atoms with Crippen molar-refractivity contribution in [3.63, 3.8) is 0 Å². The molecule has 5 rings (SSSR count). The topological polar surface area (TPSA) is 72.2 Å². The fourth-order valence-corrected chi connectivity index (χ4v) is 4.90. The summed E-state index contributed by atoms with van der Waals surface area (Å²) in [6, 6.07) is 19.4. The van der Waals surface area contributed by atoms with Gasteiger partial charge in [0.05, 0.1) is 23.6 Å². The maximum Gasteiger partial charge on any atom is 0.290 e. The first kappa shape index (κ1) is 25.8. The Morgan fingerprint density at radius 3 is 2.50 bits per heavy atom. The van der Waals surface area contributed by atoms with Gasteiger partial charge in [-0.1, -0.05) is 48.0 Å². The van der Waals surface area contributed by atoms with Gasteiger partial charge in [0.2, 0.25) is 5.76 Å². The predicted octanol–water partition coefficient (Wildman–Crippen LogP) is 5.53. The van der Waals surface area contributed by atoms with Gasteiger partial charge >= 0.3 is 0 Å². The van der Waals surface area contributed by atoms with Crippen molar-refractivity contribution in [1.29, 1.82) is 0 Å². The number of hydrogen-bond donors (Lipinski definition) is 0. The van der Waals surface area contributed by atoms with Crippen LogP contribution in [-0.2, 0) is 6.61 Å². The Kier molecular flexibility index (Phi) is 7.40. The Hall–Kier alpha value is -3.81. The van der Waals surface area contributed by atoms with E-state index in [1.165, 1.54) is 0 Å². The monoisotopic (exact) mass is 532 g/mol. The molecule has 0 saturated heterocycles. The molecular formula is C30H29ClN2O5. The largest absolute Gasteiger partial charge is 0.490 e. The van der Waals surface area contributed by atoms with Crippen LogP contribution in [0.4, 0.5) is 0 Å². The van der Waals surface area contributed by atoms with Gasteiger partial charge in [0.25, 0.3) is 5.91 Å². The van der Waals surface area contributed by atoms with Crippen molar-refractivity contribution in [3.8, 4) is 11.5 Å². The second-order valence-corrected chi connectivity index (χ2v) is 9.80. The van der Waals surface area contributed by atoms with Crippen LogP contribution in [0.3, 0.4) is 0 Å². The first-order valence-electron chi connectivity index (χ1n) is 12.5. The molecule has 7 nitrogen and oxygen atoms in total. The maximum atomic E-state index is 13.7. The zero-order valence-electron chi connectivity index (χ0n) is 21.6. The fourth-order valence-electron chi connectivity index (χ4n) is 4.71. The van der Waals surface area contributed by atoms with E-state index in [-0.39, 0.29) is 23.7 Å². The Morgan fingerprint density at radius 1 is 0.974 bits per heavy atom. The van der Waals surface area contributed by atoms with Crippen molar-refractivity contribution in [2.24, 2.45) is 0 Å². The number of likely N-dealkylation sites (N-methyl/N-ethyl adjacent to an activating group) is 1. The summed E-state index contributed by atoms with van der Waals surface area (Å²) >= 11 is 6.30. The van der Waals surface area contributed by atoms with Crippen LogP contribution in [0, 0.1) is 0 Å². The Labute approximate surface area is 226 Å². The van der Waals surface area contributed by atoms with Crippen LogP contribution < -0.4 is 14.9 Å². The first-order chi connectivity index (χ1) is 18.4. The number of amides is 1. The van der Waals surface area contributed by atoms with Gasteiger partial charge in [0.15, 0.2) is 16.9 Å². The molecule has 0 saturated carbocycles. The Morgan fingerprint density at radius 2 is 1.74 bits per heavy atom. The smallest absolute Gasteiger partial charge is 0.290 e. The molecule has 0 radical (unpaired) electrons. The van der Waals surface area contributed by atoms with Crippen LogP contribution in [-0.4, -0.2) is 49.5 Å². The number of para-hydroxylation sites is 1. The van der Waals surface area contributed by atoms with Gasteiger partial charge in [-0.3, -0.25) is 9.59 Å². The van der Waals surface area contributed by atoms with Crippen molar-refractivity contribution in [3.05, 3.63) is 104 Å². The highest BCUT2D eigenvalue weighted by Gasteiger charge is 2.42. The van der Waals surface area contributed by atoms with Crippen LogP contribution in [0.1, 0.15) is 40.2 Å². The van der Waals surface area contributed by atoms with Gasteiger partial charge < -0.3 is 23.7 Å². The molecule has 2 heterocycles. The summed E-state index contributed by atoms with van der Waals surface area (Å²) in [7, 11) is 3.89. The zero-order chi connectivity index (χ0) is 26.8. The van der Waals surface area contributed by atoms with Crippen molar-refractivity contribution >= 4 is 28.5 Å². The molecule has 1 atom stereocenters. The number of carbonyl (C=O) groups excluding carboxylic acids is 1. The average molecular weight is 533 g/mol. The van der Waals surface area contributed by atoms with Gasteiger partial charge in [0.1, 0.15) is 12.2 Å². The molecule has 0 unspecified atom stereocenters. The molecule has 38 heavy (non-hydrogen) atoms. The SMILES string of the molecule is CCOc1cc([C@H]2c3c(oc4ccccc4c3=O)C(=O)N2CCN(C)C)ccc1OCc1ccccc1Cl. The lowest BCUT2D eigenvalue weighted by Crippen LogP contribution is -2.35. The van der Waals surface area contributed by atoms with Gasteiger partial charge in [-0.25, -0.2) is 0 Å². The third-order valence-electron chi connectivity index (χ3n) is 6.59. The summed E-state index contributed by atoms with van der Waals surface area (Å²) < 4.78 is 18.0. The molecule has 8 heteroatoms. The number of fused-ring (bicyclic) bond motifs is 2. The van der Waals surface area contributed by atoms with E-state index in [9.17, 15) is 9.59 Å². The minimum Gasteiger partial charge on any atom is -0.490 e. The second-order valence-electron chi connectivity index (χ2n) is 9.39. The number of hydrogen-bond acceptors (Lipinski definition) is 6. The van der Waals surface area contributed by atoms with Crippen LogP contribution in [0.2, 0.25) is 5.02 Å². The summed E-state index contributed by atoms with van der Waals surface area (Å²) in [6.45, 7) is 3.63. The molecular weight excluding hydrogens is 504 g/mol. The molecule has 0 spiro atoms. The van der Waals surface area contributed by atoms with E-state index in [1.54, 1.807) is 29.2 Å². The normalized spacial score (nSPS) is 14.8. The van der Waals surface area contributed by atoms with Crippen molar-refractivity contribution in [2.75, 3.05) is 33.8 Å². The number of carbonyl (C=O) groups is 1. The van der Waals surface area contributed by atoms with Crippen LogP contribution in [0.15, 0.2) is 75.9 Å². The van der Waals surface area contributed by atoms with Crippen LogP contribution in [0.5, 0.6) is 11.5 Å². The van der Waals surface area contributed by atoms with E-state index in [2.05, 4.69) is 0 Å². The van der Waals surface area contributed by atoms with E-state index in [1.807, 2.05) is 68.4 Å². The number of nitrogens with zero attached hydrogens (tertiary/aromatic N) is 2. The molecule has 1 aliphatic rings. The number of halogens is 1. The van der Waals surface area contributed by atoms with Crippen LogP contribution >= 0.6 is 11.6 Å². The third kappa shape index (κ3) is 4.87. The van der Waals surface area contributed by atoms with Gasteiger partial charge in [0, 0.05) is 23.7 Å².